The molecule has 1 aromatic carbocycles. The highest BCUT2D eigenvalue weighted by Gasteiger charge is 2.28. The van der Waals surface area contributed by atoms with Gasteiger partial charge in [0.25, 0.3) is 11.8 Å². The molecule has 0 unspecified atom stereocenters. The Kier molecular flexibility index (Phi) is 3.79. The molecule has 0 saturated heterocycles. The number of aryl methyl sites for hydroxylation is 1. The molecule has 1 amide bonds. The van der Waals surface area contributed by atoms with Crippen LogP contribution in [-0.4, -0.2) is 25.8 Å². The van der Waals surface area contributed by atoms with E-state index in [1.165, 1.54) is 12.1 Å². The van der Waals surface area contributed by atoms with Crippen LogP contribution in [0.5, 0.6) is 0 Å². The number of nitrogens with one attached hydrogen (secondary N) is 1. The Morgan fingerprint density at radius 1 is 1.40 bits per heavy atom. The van der Waals surface area contributed by atoms with E-state index in [1.54, 1.807) is 23.9 Å². The van der Waals surface area contributed by atoms with Crippen molar-refractivity contribution in [1.29, 1.82) is 0 Å². The summed E-state index contributed by atoms with van der Waals surface area (Å²) >= 11 is 0. The van der Waals surface area contributed by atoms with Crippen molar-refractivity contribution >= 4 is 5.91 Å². The highest BCUT2D eigenvalue weighted by Crippen LogP contribution is 2.39. The maximum Gasteiger partial charge on any atom is 0.269 e. The summed E-state index contributed by atoms with van der Waals surface area (Å²) in [7, 11) is 1.75. The third kappa shape index (κ3) is 3.28. The summed E-state index contributed by atoms with van der Waals surface area (Å²) in [5.74, 6) is 0.378. The first-order valence-corrected chi connectivity index (χ1v) is 8.01. The average molecular weight is 341 g/mol. The van der Waals surface area contributed by atoms with Crippen LogP contribution in [0.2, 0.25) is 0 Å². The van der Waals surface area contributed by atoms with Crippen molar-refractivity contribution < 1.29 is 13.7 Å². The summed E-state index contributed by atoms with van der Waals surface area (Å²) in [5.41, 5.74) is 1.95. The van der Waals surface area contributed by atoms with E-state index in [9.17, 15) is 9.18 Å². The topological polar surface area (TPSA) is 85.8 Å². The predicted octanol–water partition coefficient (Wildman–Crippen LogP) is 2.42. The first-order valence-electron chi connectivity index (χ1n) is 8.01. The second kappa shape index (κ2) is 6.12. The molecular formula is C17H16FN5O2. The van der Waals surface area contributed by atoms with Crippen molar-refractivity contribution in [3.63, 3.8) is 0 Å². The fourth-order valence-electron chi connectivity index (χ4n) is 2.59. The molecule has 8 heteroatoms. The molecule has 2 aromatic heterocycles. The van der Waals surface area contributed by atoms with E-state index in [0.717, 1.165) is 18.5 Å². The molecule has 0 atom stereocenters. The van der Waals surface area contributed by atoms with Gasteiger partial charge in [0.1, 0.15) is 11.5 Å². The predicted molar refractivity (Wildman–Crippen MR) is 86.0 cm³/mol. The van der Waals surface area contributed by atoms with Gasteiger partial charge < -0.3 is 9.84 Å². The largest absolute Gasteiger partial charge is 0.343 e. The number of carbonyl (C=O) groups is 1. The van der Waals surface area contributed by atoms with Gasteiger partial charge in [-0.2, -0.15) is 10.1 Å². The maximum atomic E-state index is 13.2. The van der Waals surface area contributed by atoms with Gasteiger partial charge in [-0.25, -0.2) is 4.39 Å². The standard InChI is InChI=1S/C17H16FN5O2/c1-23-14(8-13(21-23)10-5-6-10)16(24)19-9-15-20-17(25-22-15)11-3-2-4-12(18)7-11/h2-4,7-8,10H,5-6,9H2,1H3,(H,19,24). The zero-order valence-electron chi connectivity index (χ0n) is 13.6. The zero-order valence-corrected chi connectivity index (χ0v) is 13.6. The van der Waals surface area contributed by atoms with Crippen LogP contribution in [0.3, 0.4) is 0 Å². The van der Waals surface area contributed by atoms with Crippen LogP contribution in [0.1, 0.15) is 40.8 Å². The molecule has 2 heterocycles. The van der Waals surface area contributed by atoms with Crippen molar-refractivity contribution in [1.82, 2.24) is 25.2 Å². The molecule has 0 radical (unpaired) electrons. The van der Waals surface area contributed by atoms with E-state index < -0.39 is 0 Å². The Balaban J connectivity index is 1.42. The van der Waals surface area contributed by atoms with E-state index in [-0.39, 0.29) is 24.2 Å². The Morgan fingerprint density at radius 2 is 2.24 bits per heavy atom. The first kappa shape index (κ1) is 15.5. The van der Waals surface area contributed by atoms with Crippen molar-refractivity contribution in [2.45, 2.75) is 25.3 Å². The molecule has 25 heavy (non-hydrogen) atoms. The number of nitrogens with zero attached hydrogens (tertiary/aromatic N) is 4. The number of carbonyl (C=O) groups excluding carboxylic acids is 1. The summed E-state index contributed by atoms with van der Waals surface area (Å²) in [4.78, 5) is 16.5. The smallest absolute Gasteiger partial charge is 0.269 e. The Labute approximate surface area is 142 Å². The molecule has 1 aliphatic carbocycles. The lowest BCUT2D eigenvalue weighted by atomic mass is 10.2. The maximum absolute atomic E-state index is 13.2. The lowest BCUT2D eigenvalue weighted by molar-refractivity contribution is 0.0940. The van der Waals surface area contributed by atoms with Gasteiger partial charge in [-0.05, 0) is 37.1 Å². The van der Waals surface area contributed by atoms with Crippen LogP contribution in [-0.2, 0) is 13.6 Å². The fraction of sp³-hybridized carbons (Fsp3) is 0.294. The van der Waals surface area contributed by atoms with E-state index in [0.29, 0.717) is 23.0 Å². The zero-order chi connectivity index (χ0) is 17.4. The molecule has 1 aliphatic rings. The van der Waals surface area contributed by atoms with Gasteiger partial charge in [-0.1, -0.05) is 11.2 Å². The SMILES string of the molecule is Cn1nc(C2CC2)cc1C(=O)NCc1noc(-c2cccc(F)c2)n1. The summed E-state index contributed by atoms with van der Waals surface area (Å²) in [5, 5.41) is 10.9. The number of hydrogen-bond acceptors (Lipinski definition) is 5. The average Bonchev–Trinajstić information content (AvgIpc) is 3.21. The van der Waals surface area contributed by atoms with E-state index in [1.807, 2.05) is 6.07 Å². The number of aromatic nitrogens is 4. The van der Waals surface area contributed by atoms with Gasteiger partial charge in [0.15, 0.2) is 5.82 Å². The van der Waals surface area contributed by atoms with Crippen LogP contribution in [0.15, 0.2) is 34.9 Å². The fourth-order valence-corrected chi connectivity index (χ4v) is 2.59. The molecule has 4 rings (SSSR count). The molecule has 0 spiro atoms. The third-order valence-corrected chi connectivity index (χ3v) is 4.07. The number of amides is 1. The normalized spacial score (nSPS) is 13.8. The number of halogens is 1. The minimum atomic E-state index is -0.381. The van der Waals surface area contributed by atoms with E-state index >= 15 is 0 Å². The van der Waals surface area contributed by atoms with Crippen LogP contribution in [0.4, 0.5) is 4.39 Å². The van der Waals surface area contributed by atoms with Crippen LogP contribution in [0, 0.1) is 5.82 Å². The lowest BCUT2D eigenvalue weighted by Gasteiger charge is -2.01. The van der Waals surface area contributed by atoms with Gasteiger partial charge >= 0.3 is 0 Å². The molecule has 0 aliphatic heterocycles. The Hall–Kier alpha value is -3.03. The molecule has 7 nitrogen and oxygen atoms in total. The molecule has 1 fully saturated rings. The Bertz CT molecular complexity index is 929. The van der Waals surface area contributed by atoms with Crippen molar-refractivity contribution in [3.8, 4) is 11.5 Å². The lowest BCUT2D eigenvalue weighted by Crippen LogP contribution is -2.25. The molecule has 128 valence electrons. The van der Waals surface area contributed by atoms with Gasteiger partial charge in [0.05, 0.1) is 12.2 Å². The molecular weight excluding hydrogens is 325 g/mol. The minimum absolute atomic E-state index is 0.113. The number of hydrogen-bond donors (Lipinski definition) is 1. The first-order chi connectivity index (χ1) is 12.1. The molecule has 0 bridgehead atoms. The van der Waals surface area contributed by atoms with Crippen LogP contribution >= 0.6 is 0 Å². The summed E-state index contributed by atoms with van der Waals surface area (Å²) in [6, 6.07) is 7.71. The highest BCUT2D eigenvalue weighted by atomic mass is 19.1. The summed E-state index contributed by atoms with van der Waals surface area (Å²) in [6.45, 7) is 0.113. The van der Waals surface area contributed by atoms with Crippen molar-refractivity contribution in [3.05, 3.63) is 53.4 Å². The monoisotopic (exact) mass is 341 g/mol. The summed E-state index contributed by atoms with van der Waals surface area (Å²) < 4.78 is 19.9. The Morgan fingerprint density at radius 3 is 3.00 bits per heavy atom. The van der Waals surface area contributed by atoms with Crippen LogP contribution < -0.4 is 5.32 Å². The third-order valence-electron chi connectivity index (χ3n) is 4.07. The quantitative estimate of drug-likeness (QED) is 0.770. The van der Waals surface area contributed by atoms with Gasteiger partial charge in [0.2, 0.25) is 0 Å². The van der Waals surface area contributed by atoms with E-state index in [2.05, 4.69) is 20.6 Å². The highest BCUT2D eigenvalue weighted by molar-refractivity contribution is 5.92. The van der Waals surface area contributed by atoms with Gasteiger partial charge in [-0.15, -0.1) is 0 Å². The van der Waals surface area contributed by atoms with Crippen molar-refractivity contribution in [2.75, 3.05) is 0 Å². The van der Waals surface area contributed by atoms with Gasteiger partial charge in [0, 0.05) is 18.5 Å². The second-order valence-electron chi connectivity index (χ2n) is 6.06. The minimum Gasteiger partial charge on any atom is -0.343 e. The summed E-state index contributed by atoms with van der Waals surface area (Å²) in [6.07, 6.45) is 2.26. The van der Waals surface area contributed by atoms with Crippen LogP contribution in [0.25, 0.3) is 11.5 Å². The number of rotatable bonds is 5. The molecule has 1 saturated carbocycles. The molecule has 1 N–H and O–H groups in total. The number of benzene rings is 1. The second-order valence-corrected chi connectivity index (χ2v) is 6.06. The van der Waals surface area contributed by atoms with E-state index in [4.69, 9.17) is 4.52 Å². The van der Waals surface area contributed by atoms with Crippen molar-refractivity contribution in [2.24, 2.45) is 7.05 Å². The molecule has 3 aromatic rings. The van der Waals surface area contributed by atoms with Gasteiger partial charge in [-0.3, -0.25) is 9.48 Å².